The number of aromatic amines is 1. The van der Waals surface area contributed by atoms with Gasteiger partial charge in [-0.1, -0.05) is 151 Å². The third kappa shape index (κ3) is 13.4. The number of ketones is 2. The maximum atomic E-state index is 15.9. The number of carbonyl (C=O) groups excluding carboxylic acids is 3. The van der Waals surface area contributed by atoms with E-state index >= 15 is 13.2 Å². The molecule has 0 bridgehead atoms. The van der Waals surface area contributed by atoms with Gasteiger partial charge in [0.1, 0.15) is 34.6 Å². The van der Waals surface area contributed by atoms with Crippen molar-refractivity contribution in [2.24, 2.45) is 0 Å². The van der Waals surface area contributed by atoms with E-state index < -0.39 is 83.0 Å². The molecule has 7 aromatic carbocycles. The minimum Gasteiger partial charge on any atom is -0.345 e. The summed E-state index contributed by atoms with van der Waals surface area (Å²) in [6.07, 6.45) is 6.31. The Labute approximate surface area is 523 Å². The molecule has 0 aliphatic rings. The molecule has 0 saturated heterocycles. The molecule has 11 aromatic rings. The maximum absolute atomic E-state index is 15.9. The van der Waals surface area contributed by atoms with Crippen LogP contribution < -0.4 is 0 Å². The van der Waals surface area contributed by atoms with Crippen molar-refractivity contribution < 1.29 is 48.8 Å². The highest BCUT2D eigenvalue weighted by atomic mass is 35.5. The van der Waals surface area contributed by atoms with Gasteiger partial charge in [0.15, 0.2) is 19.7 Å². The number of sulfone groups is 2. The first-order valence-corrected chi connectivity index (χ1v) is 32.3. The fourth-order valence-corrected chi connectivity index (χ4v) is 13.8. The summed E-state index contributed by atoms with van der Waals surface area (Å²) >= 11 is 24.7. The molecule has 0 aliphatic carbocycles. The molecule has 4 heterocycles. The van der Waals surface area contributed by atoms with E-state index in [0.29, 0.717) is 50.6 Å². The smallest absolute Gasteiger partial charge is 0.266 e. The number of hydrogen-bond acceptors (Lipinski definition) is 9. The molecule has 11 rings (SSSR count). The summed E-state index contributed by atoms with van der Waals surface area (Å²) in [4.78, 5) is 53.1. The summed E-state index contributed by atoms with van der Waals surface area (Å²) in [5, 5.41) is 1.86. The molecule has 0 atom stereocenters. The second-order valence-electron chi connectivity index (χ2n) is 20.5. The van der Waals surface area contributed by atoms with Crippen LogP contribution in [0.25, 0.3) is 66.6 Å². The third-order valence-corrected chi connectivity index (χ3v) is 19.1. The first kappa shape index (κ1) is 62.8. The molecule has 88 heavy (non-hydrogen) atoms. The maximum Gasteiger partial charge on any atom is 0.266 e. The zero-order valence-corrected chi connectivity index (χ0v) is 51.2. The van der Waals surface area contributed by atoms with E-state index in [0.717, 1.165) is 62.8 Å². The van der Waals surface area contributed by atoms with E-state index in [-0.39, 0.29) is 60.4 Å². The average Bonchev–Trinajstić information content (AvgIpc) is 1.79. The van der Waals surface area contributed by atoms with E-state index in [1.54, 1.807) is 50.4 Å². The van der Waals surface area contributed by atoms with Gasteiger partial charge in [0, 0.05) is 73.4 Å². The van der Waals surface area contributed by atoms with Crippen molar-refractivity contribution in [1.82, 2.24) is 19.5 Å². The Morgan fingerprint density at radius 2 is 0.886 bits per heavy atom. The van der Waals surface area contributed by atoms with Gasteiger partial charge in [-0.3, -0.25) is 19.0 Å². The Bertz CT molecular complexity index is 4760. The largest absolute Gasteiger partial charge is 0.345 e. The predicted octanol–water partition coefficient (Wildman–Crippen LogP) is 17.2. The molecule has 4 aromatic heterocycles. The minimum absolute atomic E-state index is 0.00775. The van der Waals surface area contributed by atoms with Crippen LogP contribution in [0, 0.1) is 23.3 Å². The first-order chi connectivity index (χ1) is 42.0. The molecule has 11 nitrogen and oxygen atoms in total. The third-order valence-electron chi connectivity index (χ3n) is 14.4. The molecule has 0 saturated carbocycles. The lowest BCUT2D eigenvalue weighted by Crippen LogP contribution is -2.14. The molecule has 0 amide bonds. The molecule has 0 radical (unpaired) electrons. The summed E-state index contributed by atoms with van der Waals surface area (Å²) in [5.74, 6) is -9.13. The first-order valence-electron chi connectivity index (χ1n) is 27.2. The lowest BCUT2D eigenvalue weighted by molar-refractivity contribution is 0.0963. The lowest BCUT2D eigenvalue weighted by Gasteiger charge is -2.10. The van der Waals surface area contributed by atoms with Gasteiger partial charge in [0.2, 0.25) is 11.6 Å². The number of aromatic nitrogens is 4. The highest BCUT2D eigenvalue weighted by Gasteiger charge is 2.31. The number of carbonyl (C=O) groups is 3. The SMILES string of the molecule is CCCS(=O)(=O)Cc1ccc(F)c(C(=O)c2c[nH]c3ncc(-c4ccc(-c5ccc(Cl)cc5)cc4)cc23)c1F.CCCS(=O)(=O)Cc1ccc(F)c(C(=O)c2cn(C(=O)c3c(Cl)cccc3Cl)c3ncc(-c4ccc(-c5ccc(Cl)cc5)cc4)cc23)c1F. The van der Waals surface area contributed by atoms with Crippen LogP contribution in [-0.2, 0) is 31.2 Å². The van der Waals surface area contributed by atoms with Crippen LogP contribution in [-0.4, -0.2) is 65.3 Å². The molecule has 21 heteroatoms. The number of halogens is 8. The second kappa shape index (κ2) is 26.2. The van der Waals surface area contributed by atoms with Gasteiger partial charge in [-0.25, -0.2) is 44.4 Å². The monoisotopic (exact) mass is 1300 g/mol. The highest BCUT2D eigenvalue weighted by Crippen LogP contribution is 2.36. The molecule has 446 valence electrons. The molecular formula is C67H48Cl4F4N4O7S2. The topological polar surface area (TPSA) is 166 Å². The number of nitrogens with zero attached hydrogens (tertiary/aromatic N) is 3. The van der Waals surface area contributed by atoms with Crippen LogP contribution in [0.5, 0.6) is 0 Å². The Kier molecular flexibility index (Phi) is 18.7. The molecule has 0 aliphatic heterocycles. The molecule has 0 unspecified atom stereocenters. The number of H-pyrrole nitrogens is 1. The summed E-state index contributed by atoms with van der Waals surface area (Å²) in [5.41, 5.74) is 4.43. The number of rotatable bonds is 17. The van der Waals surface area contributed by atoms with Crippen molar-refractivity contribution in [2.45, 2.75) is 38.2 Å². The van der Waals surface area contributed by atoms with Crippen LogP contribution >= 0.6 is 46.4 Å². The Morgan fingerprint density at radius 3 is 1.33 bits per heavy atom. The van der Waals surface area contributed by atoms with Crippen molar-refractivity contribution in [3.63, 3.8) is 0 Å². The van der Waals surface area contributed by atoms with Gasteiger partial charge in [-0.05, 0) is 107 Å². The number of hydrogen-bond donors (Lipinski definition) is 1. The van der Waals surface area contributed by atoms with Crippen molar-refractivity contribution in [1.29, 1.82) is 0 Å². The van der Waals surface area contributed by atoms with Gasteiger partial charge >= 0.3 is 0 Å². The summed E-state index contributed by atoms with van der Waals surface area (Å²) < 4.78 is 112. The van der Waals surface area contributed by atoms with Gasteiger partial charge in [0.05, 0.1) is 55.3 Å². The fraction of sp³-hybridized carbons (Fsp3) is 0.119. The van der Waals surface area contributed by atoms with E-state index in [1.807, 2.05) is 84.9 Å². The second-order valence-corrected chi connectivity index (χ2v) is 26.6. The van der Waals surface area contributed by atoms with Crippen LogP contribution in [0.1, 0.15) is 80.0 Å². The van der Waals surface area contributed by atoms with Crippen LogP contribution in [0.3, 0.4) is 0 Å². The minimum atomic E-state index is -3.73. The van der Waals surface area contributed by atoms with E-state index in [4.69, 9.17) is 46.4 Å². The Balaban J connectivity index is 0.000000199. The number of fused-ring (bicyclic) bond motifs is 2. The zero-order chi connectivity index (χ0) is 62.8. The van der Waals surface area contributed by atoms with E-state index in [9.17, 15) is 35.6 Å². The van der Waals surface area contributed by atoms with Crippen molar-refractivity contribution in [3.8, 4) is 44.5 Å². The average molecular weight is 1300 g/mol. The summed E-state index contributed by atoms with van der Waals surface area (Å²) in [7, 11) is -7.34. The van der Waals surface area contributed by atoms with Gasteiger partial charge in [-0.2, -0.15) is 0 Å². The predicted molar refractivity (Wildman–Crippen MR) is 339 cm³/mol. The molecule has 0 spiro atoms. The standard InChI is InChI=1S/C37H25Cl3F2N2O4S.C30H23ClF2N2O3S/c1-2-16-49(47,48)20-24-12-15-31(41)33(34(24)42)35(45)28-19-44(37(46)32-29(39)4-3-5-30(32)40)36-27(28)17-25(18-43-36)23-8-6-21(7-9-23)22-10-13-26(38)14-11-22;1-2-13-39(37,38)17-21-9-12-26(32)27(28(21)33)29(36)25-16-35-30-24(25)14-22(15-34-30)20-5-3-18(4-6-20)19-7-10-23(31)11-8-19/h3-15,17-19H,2,16,20H2,1H3;3-12,14-16H,2,13,17H2,1H3,(H,34,35). The molecular weight excluding hydrogens is 1250 g/mol. The molecule has 0 fully saturated rings. The van der Waals surface area contributed by atoms with Crippen LogP contribution in [0.2, 0.25) is 20.1 Å². The van der Waals surface area contributed by atoms with E-state index in [1.165, 1.54) is 24.5 Å². The Hall–Kier alpha value is -8.29. The van der Waals surface area contributed by atoms with Crippen molar-refractivity contribution in [3.05, 3.63) is 259 Å². The lowest BCUT2D eigenvalue weighted by atomic mass is 9.98. The van der Waals surface area contributed by atoms with Crippen LogP contribution in [0.4, 0.5) is 17.6 Å². The quantitative estimate of drug-likeness (QED) is 0.0689. The fourth-order valence-electron chi connectivity index (χ4n) is 10.1. The van der Waals surface area contributed by atoms with E-state index in [2.05, 4.69) is 15.0 Å². The number of benzene rings is 7. The number of pyridine rings is 2. The van der Waals surface area contributed by atoms with Crippen molar-refractivity contribution >= 4 is 106 Å². The molecule has 1 N–H and O–H groups in total. The Morgan fingerprint density at radius 1 is 0.489 bits per heavy atom. The van der Waals surface area contributed by atoms with Gasteiger partial charge < -0.3 is 4.98 Å². The highest BCUT2D eigenvalue weighted by molar-refractivity contribution is 7.90. The van der Waals surface area contributed by atoms with Crippen molar-refractivity contribution in [2.75, 3.05) is 11.5 Å². The summed E-state index contributed by atoms with van der Waals surface area (Å²) in [6.45, 7) is 3.36. The van der Waals surface area contributed by atoms with Crippen LogP contribution in [0.15, 0.2) is 176 Å². The number of nitrogens with one attached hydrogen (secondary N) is 1. The van der Waals surface area contributed by atoms with Gasteiger partial charge in [0.25, 0.3) is 5.91 Å². The normalized spacial score (nSPS) is 11.7. The van der Waals surface area contributed by atoms with Gasteiger partial charge in [-0.15, -0.1) is 0 Å². The zero-order valence-electron chi connectivity index (χ0n) is 46.5. The summed E-state index contributed by atoms with van der Waals surface area (Å²) in [6, 6.07) is 41.7.